The van der Waals surface area contributed by atoms with Crippen molar-refractivity contribution in [1.29, 1.82) is 0 Å². The van der Waals surface area contributed by atoms with E-state index in [9.17, 15) is 13.2 Å². The van der Waals surface area contributed by atoms with E-state index >= 15 is 0 Å². The predicted octanol–water partition coefficient (Wildman–Crippen LogP) is 2.91. The summed E-state index contributed by atoms with van der Waals surface area (Å²) >= 11 is 0. The van der Waals surface area contributed by atoms with E-state index in [1.807, 2.05) is 30.3 Å². The molecule has 0 aromatic heterocycles. The number of hydrogen-bond donors (Lipinski definition) is 2. The highest BCUT2D eigenvalue weighted by Crippen LogP contribution is 2.49. The highest BCUT2D eigenvalue weighted by molar-refractivity contribution is 7.92. The third-order valence-corrected chi connectivity index (χ3v) is 6.85. The van der Waals surface area contributed by atoms with E-state index in [1.54, 1.807) is 12.1 Å². The Bertz CT molecular complexity index is 1010. The van der Waals surface area contributed by atoms with E-state index in [0.29, 0.717) is 5.69 Å². The van der Waals surface area contributed by atoms with Gasteiger partial charge in [0, 0.05) is 18.3 Å². The second-order valence-corrected chi connectivity index (χ2v) is 10.7. The standard InChI is InChI=1S/C24H31N3O3S/c1-31(29,30)26-21-11-7-10-20(17-21)24(12-13-24)23(28)25-22(18-27-14-5-6-15-27)16-19-8-3-2-4-9-19/h2-4,7-11,17,22,26H,5-6,12-16,18H2,1H3,(H,25,28)/t22-/m0/s1. The maximum atomic E-state index is 13.4. The van der Waals surface area contributed by atoms with Crippen LogP contribution in [0.1, 0.15) is 36.8 Å². The van der Waals surface area contributed by atoms with Crippen molar-refractivity contribution < 1.29 is 13.2 Å². The number of nitrogens with one attached hydrogen (secondary N) is 2. The van der Waals surface area contributed by atoms with E-state index < -0.39 is 15.4 Å². The lowest BCUT2D eigenvalue weighted by Crippen LogP contribution is -2.48. The zero-order valence-corrected chi connectivity index (χ0v) is 18.8. The second-order valence-electron chi connectivity index (χ2n) is 8.90. The fourth-order valence-electron chi connectivity index (χ4n) is 4.53. The average Bonchev–Trinajstić information content (AvgIpc) is 3.39. The summed E-state index contributed by atoms with van der Waals surface area (Å²) in [6, 6.07) is 17.6. The van der Waals surface area contributed by atoms with Crippen molar-refractivity contribution in [2.24, 2.45) is 0 Å². The van der Waals surface area contributed by atoms with Gasteiger partial charge in [-0.25, -0.2) is 8.42 Å². The number of benzene rings is 2. The van der Waals surface area contributed by atoms with Crippen LogP contribution in [-0.4, -0.2) is 51.2 Å². The highest BCUT2D eigenvalue weighted by atomic mass is 32.2. The molecule has 31 heavy (non-hydrogen) atoms. The third kappa shape index (κ3) is 5.66. The smallest absolute Gasteiger partial charge is 0.230 e. The van der Waals surface area contributed by atoms with Crippen LogP contribution >= 0.6 is 0 Å². The van der Waals surface area contributed by atoms with Crippen LogP contribution in [0.4, 0.5) is 5.69 Å². The maximum absolute atomic E-state index is 13.4. The Labute approximate surface area is 185 Å². The normalized spacial score (nSPS) is 19.0. The topological polar surface area (TPSA) is 78.5 Å². The third-order valence-electron chi connectivity index (χ3n) is 6.24. The molecule has 1 saturated carbocycles. The fourth-order valence-corrected chi connectivity index (χ4v) is 5.08. The minimum Gasteiger partial charge on any atom is -0.351 e. The van der Waals surface area contributed by atoms with Gasteiger partial charge in [0.15, 0.2) is 0 Å². The van der Waals surface area contributed by atoms with Crippen molar-refractivity contribution in [3.63, 3.8) is 0 Å². The average molecular weight is 442 g/mol. The lowest BCUT2D eigenvalue weighted by Gasteiger charge is -2.27. The number of carbonyl (C=O) groups excluding carboxylic acids is 1. The van der Waals surface area contributed by atoms with Crippen molar-refractivity contribution >= 4 is 21.6 Å². The van der Waals surface area contributed by atoms with Crippen LogP contribution in [-0.2, 0) is 26.7 Å². The predicted molar refractivity (Wildman–Crippen MR) is 124 cm³/mol. The molecule has 4 rings (SSSR count). The zero-order chi connectivity index (χ0) is 21.9. The minimum atomic E-state index is -3.36. The van der Waals surface area contributed by atoms with Gasteiger partial charge >= 0.3 is 0 Å². The first-order valence-corrected chi connectivity index (χ1v) is 12.9. The van der Waals surface area contributed by atoms with Gasteiger partial charge in [0.2, 0.25) is 15.9 Å². The summed E-state index contributed by atoms with van der Waals surface area (Å²) in [5.41, 5.74) is 2.03. The molecule has 2 fully saturated rings. The highest BCUT2D eigenvalue weighted by Gasteiger charge is 2.51. The molecule has 0 unspecified atom stereocenters. The van der Waals surface area contributed by atoms with Crippen molar-refractivity contribution in [1.82, 2.24) is 10.2 Å². The zero-order valence-electron chi connectivity index (χ0n) is 18.0. The van der Waals surface area contributed by atoms with E-state index in [2.05, 4.69) is 27.1 Å². The van der Waals surface area contributed by atoms with Gasteiger partial charge in [0.25, 0.3) is 0 Å². The van der Waals surface area contributed by atoms with E-state index in [-0.39, 0.29) is 11.9 Å². The van der Waals surface area contributed by atoms with Crippen LogP contribution in [0.15, 0.2) is 54.6 Å². The van der Waals surface area contributed by atoms with Crippen LogP contribution in [0.3, 0.4) is 0 Å². The number of likely N-dealkylation sites (tertiary alicyclic amines) is 1. The van der Waals surface area contributed by atoms with Crippen molar-refractivity contribution in [2.45, 2.75) is 43.6 Å². The van der Waals surface area contributed by atoms with Gasteiger partial charge in [-0.2, -0.15) is 0 Å². The summed E-state index contributed by atoms with van der Waals surface area (Å²) in [7, 11) is -3.36. The van der Waals surface area contributed by atoms with E-state index in [0.717, 1.165) is 50.7 Å². The fraction of sp³-hybridized carbons (Fsp3) is 0.458. The number of sulfonamides is 1. The van der Waals surface area contributed by atoms with Gasteiger partial charge in [0.05, 0.1) is 11.7 Å². The summed E-state index contributed by atoms with van der Waals surface area (Å²) in [6.45, 7) is 3.03. The lowest BCUT2D eigenvalue weighted by molar-refractivity contribution is -0.124. The second kappa shape index (κ2) is 9.01. The Morgan fingerprint density at radius 2 is 1.77 bits per heavy atom. The monoisotopic (exact) mass is 441 g/mol. The molecule has 1 amide bonds. The van der Waals surface area contributed by atoms with E-state index in [4.69, 9.17) is 0 Å². The van der Waals surface area contributed by atoms with Crippen LogP contribution in [0, 0.1) is 0 Å². The largest absolute Gasteiger partial charge is 0.351 e. The first kappa shape index (κ1) is 21.8. The number of carbonyl (C=O) groups is 1. The molecular formula is C24H31N3O3S. The molecule has 1 atom stereocenters. The number of hydrogen-bond acceptors (Lipinski definition) is 4. The van der Waals surface area contributed by atoms with Crippen molar-refractivity contribution in [2.75, 3.05) is 30.6 Å². The van der Waals surface area contributed by atoms with Gasteiger partial charge in [-0.15, -0.1) is 0 Å². The molecule has 0 radical (unpaired) electrons. The number of rotatable bonds is 9. The van der Waals surface area contributed by atoms with Crippen molar-refractivity contribution in [3.8, 4) is 0 Å². The number of nitrogens with zero attached hydrogens (tertiary/aromatic N) is 1. The first-order valence-electron chi connectivity index (χ1n) is 11.0. The Morgan fingerprint density at radius 3 is 2.42 bits per heavy atom. The van der Waals surface area contributed by atoms with Gasteiger partial charge in [-0.05, 0) is 68.5 Å². The molecule has 1 saturated heterocycles. The van der Waals surface area contributed by atoms with Gasteiger partial charge < -0.3 is 10.2 Å². The van der Waals surface area contributed by atoms with Crippen molar-refractivity contribution in [3.05, 3.63) is 65.7 Å². The molecule has 2 aliphatic rings. The number of anilines is 1. The SMILES string of the molecule is CS(=O)(=O)Nc1cccc(C2(C(=O)N[C@@H](Cc3ccccc3)CN3CCCC3)CC2)c1. The van der Waals surface area contributed by atoms with Crippen LogP contribution in [0.25, 0.3) is 0 Å². The molecule has 2 N–H and O–H groups in total. The first-order chi connectivity index (χ1) is 14.8. The molecule has 1 heterocycles. The molecule has 166 valence electrons. The molecule has 0 bridgehead atoms. The van der Waals surface area contributed by atoms with Crippen LogP contribution < -0.4 is 10.0 Å². The Morgan fingerprint density at radius 1 is 1.06 bits per heavy atom. The molecule has 6 nitrogen and oxygen atoms in total. The van der Waals surface area contributed by atoms with Gasteiger partial charge in [0.1, 0.15) is 0 Å². The Hall–Kier alpha value is -2.38. The molecule has 1 aliphatic heterocycles. The molecular weight excluding hydrogens is 410 g/mol. The lowest BCUT2D eigenvalue weighted by atomic mass is 9.93. The number of amides is 1. The molecule has 7 heteroatoms. The molecule has 0 spiro atoms. The summed E-state index contributed by atoms with van der Waals surface area (Å²) in [5.74, 6) is 0.0455. The van der Waals surface area contributed by atoms with Gasteiger partial charge in [-0.1, -0.05) is 42.5 Å². The Balaban J connectivity index is 1.50. The quantitative estimate of drug-likeness (QED) is 0.627. The van der Waals surface area contributed by atoms with E-state index in [1.165, 1.54) is 18.4 Å². The molecule has 1 aliphatic carbocycles. The summed E-state index contributed by atoms with van der Waals surface area (Å²) in [6.07, 6.45) is 5.93. The van der Waals surface area contributed by atoms with Gasteiger partial charge in [-0.3, -0.25) is 9.52 Å². The summed E-state index contributed by atoms with van der Waals surface area (Å²) in [4.78, 5) is 15.9. The molecule has 2 aromatic rings. The van der Waals surface area contributed by atoms with Crippen LogP contribution in [0.5, 0.6) is 0 Å². The summed E-state index contributed by atoms with van der Waals surface area (Å²) in [5, 5.41) is 3.34. The van der Waals surface area contributed by atoms with Crippen LogP contribution in [0.2, 0.25) is 0 Å². The molecule has 2 aromatic carbocycles. The maximum Gasteiger partial charge on any atom is 0.230 e. The minimum absolute atomic E-state index is 0.0443. The summed E-state index contributed by atoms with van der Waals surface area (Å²) < 4.78 is 25.7. The Kier molecular flexibility index (Phi) is 6.34.